The van der Waals surface area contributed by atoms with Gasteiger partial charge in [0.15, 0.2) is 0 Å². The Kier molecular flexibility index (Phi) is 3.13. The second kappa shape index (κ2) is 3.75. The highest BCUT2D eigenvalue weighted by molar-refractivity contribution is 4.93. The Labute approximate surface area is 76.3 Å². The van der Waals surface area contributed by atoms with Crippen LogP contribution in [0.2, 0.25) is 0 Å². The Morgan fingerprint density at radius 1 is 1.42 bits per heavy atom. The van der Waals surface area contributed by atoms with Crippen LogP contribution in [0.15, 0.2) is 0 Å². The summed E-state index contributed by atoms with van der Waals surface area (Å²) < 4.78 is 0. The SMILES string of the molecule is CCC1(CN(C)C(C)C)CNC1. The molecule has 0 radical (unpaired) electrons. The van der Waals surface area contributed by atoms with Crippen molar-refractivity contribution in [3.8, 4) is 0 Å². The third-order valence-corrected chi connectivity index (χ3v) is 3.22. The number of nitrogens with one attached hydrogen (secondary N) is 1. The molecule has 1 rings (SSSR count). The summed E-state index contributed by atoms with van der Waals surface area (Å²) in [6.45, 7) is 10.5. The summed E-state index contributed by atoms with van der Waals surface area (Å²) in [5.74, 6) is 0. The first-order valence-corrected chi connectivity index (χ1v) is 5.00. The monoisotopic (exact) mass is 170 g/mol. The van der Waals surface area contributed by atoms with Gasteiger partial charge in [-0.25, -0.2) is 0 Å². The molecule has 0 aromatic rings. The normalized spacial score (nSPS) is 21.5. The molecular weight excluding hydrogens is 148 g/mol. The highest BCUT2D eigenvalue weighted by Gasteiger charge is 2.36. The van der Waals surface area contributed by atoms with Gasteiger partial charge >= 0.3 is 0 Å². The lowest BCUT2D eigenvalue weighted by Crippen LogP contribution is -2.58. The van der Waals surface area contributed by atoms with Crippen LogP contribution < -0.4 is 5.32 Å². The van der Waals surface area contributed by atoms with Gasteiger partial charge in [0.25, 0.3) is 0 Å². The van der Waals surface area contributed by atoms with Crippen molar-refractivity contribution < 1.29 is 0 Å². The number of nitrogens with zero attached hydrogens (tertiary/aromatic N) is 1. The van der Waals surface area contributed by atoms with E-state index in [-0.39, 0.29) is 0 Å². The average molecular weight is 170 g/mol. The molecule has 0 amide bonds. The molecule has 2 heteroatoms. The first-order valence-electron chi connectivity index (χ1n) is 5.00. The van der Waals surface area contributed by atoms with Crippen LogP contribution in [0, 0.1) is 5.41 Å². The van der Waals surface area contributed by atoms with E-state index in [9.17, 15) is 0 Å². The van der Waals surface area contributed by atoms with E-state index in [0.29, 0.717) is 11.5 Å². The van der Waals surface area contributed by atoms with E-state index in [0.717, 1.165) is 0 Å². The molecule has 0 aliphatic carbocycles. The summed E-state index contributed by atoms with van der Waals surface area (Å²) in [6.07, 6.45) is 1.30. The van der Waals surface area contributed by atoms with Crippen molar-refractivity contribution >= 4 is 0 Å². The van der Waals surface area contributed by atoms with Crippen LogP contribution in [0.5, 0.6) is 0 Å². The van der Waals surface area contributed by atoms with Crippen LogP contribution in [-0.2, 0) is 0 Å². The molecule has 0 aromatic heterocycles. The molecule has 0 unspecified atom stereocenters. The van der Waals surface area contributed by atoms with Crippen molar-refractivity contribution in [1.29, 1.82) is 0 Å². The first kappa shape index (κ1) is 10.0. The molecule has 0 spiro atoms. The minimum absolute atomic E-state index is 0.582. The fourth-order valence-corrected chi connectivity index (χ4v) is 1.66. The Morgan fingerprint density at radius 2 is 2.00 bits per heavy atom. The maximum Gasteiger partial charge on any atom is 0.00771 e. The summed E-state index contributed by atoms with van der Waals surface area (Å²) in [5, 5.41) is 3.37. The van der Waals surface area contributed by atoms with Gasteiger partial charge in [-0.3, -0.25) is 0 Å². The van der Waals surface area contributed by atoms with Crippen molar-refractivity contribution in [3.63, 3.8) is 0 Å². The van der Waals surface area contributed by atoms with E-state index in [1.807, 2.05) is 0 Å². The number of rotatable bonds is 4. The predicted octanol–water partition coefficient (Wildman–Crippen LogP) is 1.33. The third-order valence-electron chi connectivity index (χ3n) is 3.22. The molecule has 2 nitrogen and oxygen atoms in total. The molecular formula is C10H22N2. The zero-order chi connectivity index (χ0) is 9.19. The van der Waals surface area contributed by atoms with Crippen molar-refractivity contribution in [2.45, 2.75) is 33.2 Å². The number of hydrogen-bond acceptors (Lipinski definition) is 2. The molecule has 12 heavy (non-hydrogen) atoms. The Hall–Kier alpha value is -0.0800. The Balaban J connectivity index is 2.37. The van der Waals surface area contributed by atoms with Gasteiger partial charge in [0.2, 0.25) is 0 Å². The highest BCUT2D eigenvalue weighted by atomic mass is 15.2. The Morgan fingerprint density at radius 3 is 2.25 bits per heavy atom. The van der Waals surface area contributed by atoms with Gasteiger partial charge < -0.3 is 10.2 Å². The highest BCUT2D eigenvalue weighted by Crippen LogP contribution is 2.27. The summed E-state index contributed by atoms with van der Waals surface area (Å²) in [6, 6.07) is 0.675. The van der Waals surface area contributed by atoms with Crippen molar-refractivity contribution in [1.82, 2.24) is 10.2 Å². The summed E-state index contributed by atoms with van der Waals surface area (Å²) in [7, 11) is 2.22. The lowest BCUT2D eigenvalue weighted by molar-refractivity contribution is 0.0852. The standard InChI is InChI=1S/C10H22N2/c1-5-10(6-11-7-10)8-12(4)9(2)3/h9,11H,5-8H2,1-4H3. The summed E-state index contributed by atoms with van der Waals surface area (Å²) in [5.41, 5.74) is 0.582. The van der Waals surface area contributed by atoms with E-state index in [2.05, 4.69) is 38.0 Å². The molecule has 1 aliphatic heterocycles. The quantitative estimate of drug-likeness (QED) is 0.684. The maximum atomic E-state index is 3.37. The van der Waals surface area contributed by atoms with Crippen LogP contribution in [0.3, 0.4) is 0 Å². The second-order valence-corrected chi connectivity index (χ2v) is 4.47. The molecule has 1 fully saturated rings. The second-order valence-electron chi connectivity index (χ2n) is 4.47. The van der Waals surface area contributed by atoms with Gasteiger partial charge in [0.05, 0.1) is 0 Å². The van der Waals surface area contributed by atoms with Crippen LogP contribution >= 0.6 is 0 Å². The Bertz CT molecular complexity index is 133. The van der Waals surface area contributed by atoms with Crippen molar-refractivity contribution in [2.24, 2.45) is 5.41 Å². The van der Waals surface area contributed by atoms with Crippen molar-refractivity contribution in [2.75, 3.05) is 26.7 Å². The smallest absolute Gasteiger partial charge is 0.00771 e. The molecule has 1 heterocycles. The molecule has 1 saturated heterocycles. The van der Waals surface area contributed by atoms with Crippen LogP contribution in [0.4, 0.5) is 0 Å². The van der Waals surface area contributed by atoms with Gasteiger partial charge in [-0.2, -0.15) is 0 Å². The van der Waals surface area contributed by atoms with Crippen LogP contribution in [0.25, 0.3) is 0 Å². The fraction of sp³-hybridized carbons (Fsp3) is 1.00. The molecule has 0 atom stereocenters. The lowest BCUT2D eigenvalue weighted by Gasteiger charge is -2.45. The zero-order valence-electron chi connectivity index (χ0n) is 8.85. The van der Waals surface area contributed by atoms with Gasteiger partial charge in [0, 0.05) is 31.1 Å². The average Bonchev–Trinajstić information content (AvgIpc) is 1.96. The maximum absolute atomic E-state index is 3.37. The van der Waals surface area contributed by atoms with Gasteiger partial charge in [0.1, 0.15) is 0 Å². The largest absolute Gasteiger partial charge is 0.315 e. The molecule has 1 aliphatic rings. The van der Waals surface area contributed by atoms with Gasteiger partial charge in [-0.1, -0.05) is 6.92 Å². The van der Waals surface area contributed by atoms with Crippen LogP contribution in [0.1, 0.15) is 27.2 Å². The van der Waals surface area contributed by atoms with E-state index in [1.54, 1.807) is 0 Å². The minimum atomic E-state index is 0.582. The van der Waals surface area contributed by atoms with Crippen molar-refractivity contribution in [3.05, 3.63) is 0 Å². The molecule has 72 valence electrons. The predicted molar refractivity (Wildman–Crippen MR) is 53.4 cm³/mol. The zero-order valence-corrected chi connectivity index (χ0v) is 8.85. The molecule has 1 N–H and O–H groups in total. The van der Waals surface area contributed by atoms with E-state index < -0.39 is 0 Å². The lowest BCUT2D eigenvalue weighted by atomic mass is 9.78. The van der Waals surface area contributed by atoms with E-state index in [4.69, 9.17) is 0 Å². The van der Waals surface area contributed by atoms with Gasteiger partial charge in [-0.15, -0.1) is 0 Å². The summed E-state index contributed by atoms with van der Waals surface area (Å²) >= 11 is 0. The topological polar surface area (TPSA) is 15.3 Å². The van der Waals surface area contributed by atoms with Crippen LogP contribution in [-0.4, -0.2) is 37.6 Å². The third kappa shape index (κ3) is 1.99. The van der Waals surface area contributed by atoms with E-state index >= 15 is 0 Å². The number of hydrogen-bond donors (Lipinski definition) is 1. The molecule has 0 saturated carbocycles. The van der Waals surface area contributed by atoms with Gasteiger partial charge in [-0.05, 0) is 27.3 Å². The fourth-order valence-electron chi connectivity index (χ4n) is 1.66. The molecule has 0 bridgehead atoms. The summed E-state index contributed by atoms with van der Waals surface area (Å²) in [4.78, 5) is 2.45. The minimum Gasteiger partial charge on any atom is -0.315 e. The molecule has 0 aromatic carbocycles. The first-order chi connectivity index (χ1) is 5.59. The van der Waals surface area contributed by atoms with E-state index in [1.165, 1.54) is 26.1 Å².